The van der Waals surface area contributed by atoms with Crippen LogP contribution in [0.4, 0.5) is 0 Å². The second-order valence-electron chi connectivity index (χ2n) is 6.28. The lowest BCUT2D eigenvalue weighted by Crippen LogP contribution is -2.52. The number of aliphatic hydroxyl groups excluding tert-OH is 1. The van der Waals surface area contributed by atoms with Crippen molar-refractivity contribution in [1.29, 1.82) is 0 Å². The van der Waals surface area contributed by atoms with Crippen LogP contribution in [0, 0.1) is 5.41 Å². The minimum atomic E-state index is -0.113. The van der Waals surface area contributed by atoms with Gasteiger partial charge in [-0.1, -0.05) is 41.9 Å². The first-order valence-electron chi connectivity index (χ1n) is 8.05. The van der Waals surface area contributed by atoms with Gasteiger partial charge in [-0.3, -0.25) is 0 Å². The Morgan fingerprint density at radius 1 is 1.17 bits per heavy atom. The lowest BCUT2D eigenvalue weighted by atomic mass is 9.87. The number of ether oxygens (including phenoxy) is 2. The Kier molecular flexibility index (Phi) is 5.74. The molecule has 1 fully saturated rings. The van der Waals surface area contributed by atoms with Crippen molar-refractivity contribution in [2.24, 2.45) is 5.41 Å². The highest BCUT2D eigenvalue weighted by Gasteiger charge is 2.37. The van der Waals surface area contributed by atoms with Gasteiger partial charge in [0, 0.05) is 23.7 Å². The van der Waals surface area contributed by atoms with E-state index in [1.165, 1.54) is 0 Å². The van der Waals surface area contributed by atoms with Gasteiger partial charge < -0.3 is 19.9 Å². The maximum atomic E-state index is 9.43. The molecule has 0 spiro atoms. The fraction of sp³-hybridized carbons (Fsp3) is 0.368. The fourth-order valence-electron chi connectivity index (χ4n) is 2.63. The van der Waals surface area contributed by atoms with Crippen LogP contribution in [0.5, 0.6) is 5.75 Å². The summed E-state index contributed by atoms with van der Waals surface area (Å²) in [4.78, 5) is 0. The molecule has 3 rings (SSSR count). The van der Waals surface area contributed by atoms with E-state index in [4.69, 9.17) is 21.1 Å². The lowest BCUT2D eigenvalue weighted by Gasteiger charge is -2.40. The van der Waals surface area contributed by atoms with Gasteiger partial charge in [-0.05, 0) is 23.8 Å². The molecular formula is C19H22ClNO3. The molecule has 0 amide bonds. The molecule has 0 atom stereocenters. The summed E-state index contributed by atoms with van der Waals surface area (Å²) >= 11 is 6.15. The quantitative estimate of drug-likeness (QED) is 0.770. The van der Waals surface area contributed by atoms with E-state index < -0.39 is 0 Å². The van der Waals surface area contributed by atoms with Crippen LogP contribution in [0.15, 0.2) is 48.5 Å². The Bertz CT molecular complexity index is 668. The van der Waals surface area contributed by atoms with Gasteiger partial charge in [0.1, 0.15) is 12.4 Å². The average molecular weight is 348 g/mol. The lowest BCUT2D eigenvalue weighted by molar-refractivity contribution is -0.134. The van der Waals surface area contributed by atoms with Crippen molar-refractivity contribution in [3.05, 3.63) is 64.7 Å². The molecule has 128 valence electrons. The van der Waals surface area contributed by atoms with Gasteiger partial charge in [0.15, 0.2) is 0 Å². The van der Waals surface area contributed by atoms with Crippen molar-refractivity contribution in [1.82, 2.24) is 5.32 Å². The molecule has 1 aliphatic rings. The topological polar surface area (TPSA) is 50.7 Å². The van der Waals surface area contributed by atoms with Crippen molar-refractivity contribution in [2.75, 3.05) is 26.4 Å². The smallest absolute Gasteiger partial charge is 0.120 e. The molecule has 0 saturated carbocycles. The third-order valence-corrected chi connectivity index (χ3v) is 4.60. The van der Waals surface area contributed by atoms with Crippen LogP contribution in [-0.2, 0) is 17.9 Å². The Balaban J connectivity index is 1.51. The first kappa shape index (κ1) is 17.2. The van der Waals surface area contributed by atoms with Crippen molar-refractivity contribution in [3.8, 4) is 5.75 Å². The molecule has 0 bridgehead atoms. The zero-order valence-corrected chi connectivity index (χ0v) is 14.3. The number of hydrogen-bond donors (Lipinski definition) is 2. The first-order chi connectivity index (χ1) is 11.7. The van der Waals surface area contributed by atoms with Gasteiger partial charge in [0.25, 0.3) is 0 Å². The fourth-order valence-corrected chi connectivity index (χ4v) is 2.82. The van der Waals surface area contributed by atoms with Gasteiger partial charge in [-0.15, -0.1) is 0 Å². The summed E-state index contributed by atoms with van der Waals surface area (Å²) in [6.07, 6.45) is 0. The molecule has 0 aliphatic carbocycles. The van der Waals surface area contributed by atoms with E-state index >= 15 is 0 Å². The highest BCUT2D eigenvalue weighted by molar-refractivity contribution is 6.31. The van der Waals surface area contributed by atoms with Crippen molar-refractivity contribution >= 4 is 11.6 Å². The second kappa shape index (κ2) is 7.99. The number of halogens is 1. The van der Waals surface area contributed by atoms with Gasteiger partial charge in [-0.2, -0.15) is 0 Å². The predicted octanol–water partition coefficient (Wildman–Crippen LogP) is 3.02. The zero-order chi connectivity index (χ0) is 16.8. The largest absolute Gasteiger partial charge is 0.489 e. The third-order valence-electron chi connectivity index (χ3n) is 4.23. The minimum Gasteiger partial charge on any atom is -0.489 e. The molecule has 1 heterocycles. The minimum absolute atomic E-state index is 0.113. The van der Waals surface area contributed by atoms with E-state index in [2.05, 4.69) is 11.4 Å². The van der Waals surface area contributed by atoms with Crippen LogP contribution in [0.1, 0.15) is 11.1 Å². The van der Waals surface area contributed by atoms with E-state index in [0.29, 0.717) is 24.8 Å². The van der Waals surface area contributed by atoms with Crippen LogP contribution >= 0.6 is 11.6 Å². The summed E-state index contributed by atoms with van der Waals surface area (Å²) in [7, 11) is 0. The van der Waals surface area contributed by atoms with Crippen LogP contribution in [0.3, 0.4) is 0 Å². The molecule has 0 aromatic heterocycles. The average Bonchev–Trinajstić information content (AvgIpc) is 2.57. The maximum absolute atomic E-state index is 9.43. The molecule has 0 radical (unpaired) electrons. The number of rotatable bonds is 8. The van der Waals surface area contributed by atoms with E-state index in [1.807, 2.05) is 42.5 Å². The van der Waals surface area contributed by atoms with Gasteiger partial charge in [0.05, 0.1) is 25.2 Å². The summed E-state index contributed by atoms with van der Waals surface area (Å²) in [6, 6.07) is 15.7. The molecule has 2 aromatic rings. The SMILES string of the molecule is OCC1(CNCc2cccc(OCc3ccccc3Cl)c2)COC1. The monoisotopic (exact) mass is 347 g/mol. The Hall–Kier alpha value is -1.59. The second-order valence-corrected chi connectivity index (χ2v) is 6.69. The van der Waals surface area contributed by atoms with Gasteiger partial charge in [-0.25, -0.2) is 0 Å². The van der Waals surface area contributed by atoms with Crippen LogP contribution < -0.4 is 10.1 Å². The number of benzene rings is 2. The summed E-state index contributed by atoms with van der Waals surface area (Å²) in [6.45, 7) is 3.32. The third kappa shape index (κ3) is 4.28. The predicted molar refractivity (Wildman–Crippen MR) is 94.3 cm³/mol. The molecule has 24 heavy (non-hydrogen) atoms. The normalized spacial score (nSPS) is 15.8. The Morgan fingerprint density at radius 2 is 2.00 bits per heavy atom. The number of aliphatic hydroxyl groups is 1. The molecular weight excluding hydrogens is 326 g/mol. The first-order valence-corrected chi connectivity index (χ1v) is 8.43. The van der Waals surface area contributed by atoms with E-state index in [9.17, 15) is 5.11 Å². The maximum Gasteiger partial charge on any atom is 0.120 e. The number of hydrogen-bond acceptors (Lipinski definition) is 4. The standard InChI is InChI=1S/C19H22ClNO3/c20-18-7-2-1-5-16(18)10-24-17-6-3-4-15(8-17)9-21-11-19(12-22)13-23-14-19/h1-8,21-22H,9-14H2. The Labute approximate surface area is 147 Å². The van der Waals surface area contributed by atoms with Crippen molar-refractivity contribution < 1.29 is 14.6 Å². The Morgan fingerprint density at radius 3 is 2.71 bits per heavy atom. The van der Waals surface area contributed by atoms with Gasteiger partial charge >= 0.3 is 0 Å². The van der Waals surface area contributed by atoms with Crippen molar-refractivity contribution in [2.45, 2.75) is 13.2 Å². The van der Waals surface area contributed by atoms with E-state index in [1.54, 1.807) is 0 Å². The molecule has 4 nitrogen and oxygen atoms in total. The zero-order valence-electron chi connectivity index (χ0n) is 13.5. The summed E-state index contributed by atoms with van der Waals surface area (Å²) in [5.74, 6) is 0.818. The highest BCUT2D eigenvalue weighted by atomic mass is 35.5. The van der Waals surface area contributed by atoms with Crippen LogP contribution in [0.2, 0.25) is 5.02 Å². The molecule has 1 saturated heterocycles. The molecule has 0 unspecified atom stereocenters. The number of nitrogens with one attached hydrogen (secondary N) is 1. The summed E-state index contributed by atoms with van der Waals surface area (Å²) in [5, 5.41) is 13.5. The van der Waals surface area contributed by atoms with Gasteiger partial charge in [0.2, 0.25) is 0 Å². The molecule has 1 aliphatic heterocycles. The van der Waals surface area contributed by atoms with Crippen LogP contribution in [0.25, 0.3) is 0 Å². The van der Waals surface area contributed by atoms with E-state index in [-0.39, 0.29) is 12.0 Å². The summed E-state index contributed by atoms with van der Waals surface area (Å²) in [5.41, 5.74) is 2.00. The van der Waals surface area contributed by atoms with E-state index in [0.717, 1.165) is 30.0 Å². The summed E-state index contributed by atoms with van der Waals surface area (Å²) < 4.78 is 11.0. The molecule has 2 N–H and O–H groups in total. The highest BCUT2D eigenvalue weighted by Crippen LogP contribution is 2.26. The van der Waals surface area contributed by atoms with Crippen molar-refractivity contribution in [3.63, 3.8) is 0 Å². The molecule has 2 aromatic carbocycles. The van der Waals surface area contributed by atoms with Crippen LogP contribution in [-0.4, -0.2) is 31.5 Å². The molecule has 5 heteroatoms.